The van der Waals surface area contributed by atoms with E-state index in [0.717, 1.165) is 33.7 Å². The van der Waals surface area contributed by atoms with Crippen LogP contribution in [0.25, 0.3) is 22.3 Å². The number of aryl methyl sites for hydroxylation is 1. The maximum Gasteiger partial charge on any atom is 0.261 e. The Labute approximate surface area is 160 Å². The predicted octanol–water partition coefficient (Wildman–Crippen LogP) is 3.73. The van der Waals surface area contributed by atoms with Crippen LogP contribution in [-0.2, 0) is 6.54 Å². The Morgan fingerprint density at radius 2 is 1.61 bits per heavy atom. The summed E-state index contributed by atoms with van der Waals surface area (Å²) in [6.45, 7) is 2.15. The molecule has 0 unspecified atom stereocenters. The average molecular weight is 368 g/mol. The van der Waals surface area contributed by atoms with Crippen LogP contribution in [0.4, 0.5) is 0 Å². The van der Waals surface area contributed by atoms with Crippen molar-refractivity contribution < 1.29 is 9.59 Å². The molecule has 28 heavy (non-hydrogen) atoms. The third-order valence-electron chi connectivity index (χ3n) is 4.97. The van der Waals surface area contributed by atoms with Gasteiger partial charge in [0.25, 0.3) is 11.8 Å². The highest BCUT2D eigenvalue weighted by molar-refractivity contribution is 6.21. The molecule has 0 spiro atoms. The van der Waals surface area contributed by atoms with E-state index >= 15 is 0 Å². The largest absolute Gasteiger partial charge is 0.342 e. The molecular formula is C22H16N4O2. The number of hydrogen-bond donors (Lipinski definition) is 1. The number of fused-ring (bicyclic) bond motifs is 2. The highest BCUT2D eigenvalue weighted by Gasteiger charge is 2.34. The molecule has 0 atom stereocenters. The van der Waals surface area contributed by atoms with Gasteiger partial charge in [-0.05, 0) is 30.7 Å². The van der Waals surface area contributed by atoms with Crippen LogP contribution >= 0.6 is 0 Å². The minimum atomic E-state index is -0.247. The van der Waals surface area contributed by atoms with Crippen LogP contribution in [0.1, 0.15) is 32.1 Å². The Balaban J connectivity index is 1.43. The third kappa shape index (κ3) is 2.50. The minimum Gasteiger partial charge on any atom is -0.342 e. The monoisotopic (exact) mass is 368 g/mol. The number of carbonyl (C=O) groups is 2. The van der Waals surface area contributed by atoms with Gasteiger partial charge in [-0.15, -0.1) is 0 Å². The van der Waals surface area contributed by atoms with Gasteiger partial charge in [-0.2, -0.15) is 0 Å². The van der Waals surface area contributed by atoms with Gasteiger partial charge in [0.1, 0.15) is 11.3 Å². The van der Waals surface area contributed by atoms with E-state index in [1.54, 1.807) is 30.5 Å². The number of aromatic nitrogens is 3. The maximum atomic E-state index is 12.5. The van der Waals surface area contributed by atoms with Crippen molar-refractivity contribution in [1.82, 2.24) is 19.9 Å². The van der Waals surface area contributed by atoms with E-state index in [1.807, 2.05) is 37.3 Å². The van der Waals surface area contributed by atoms with Crippen LogP contribution in [-0.4, -0.2) is 31.7 Å². The lowest BCUT2D eigenvalue weighted by molar-refractivity contribution is 0.0642. The SMILES string of the molecule is Cc1nc2c(-c3ccc(CN4C(=O)c5ccccc5C4=O)cc3)nccc2[nH]1. The van der Waals surface area contributed by atoms with Gasteiger partial charge >= 0.3 is 0 Å². The number of nitrogens with zero attached hydrogens (tertiary/aromatic N) is 3. The van der Waals surface area contributed by atoms with Gasteiger partial charge in [0.05, 0.1) is 28.9 Å². The lowest BCUT2D eigenvalue weighted by atomic mass is 10.1. The molecule has 6 heteroatoms. The molecule has 0 saturated heterocycles. The van der Waals surface area contributed by atoms with Crippen molar-refractivity contribution >= 4 is 22.8 Å². The first-order chi connectivity index (χ1) is 13.6. The van der Waals surface area contributed by atoms with E-state index in [0.29, 0.717) is 11.1 Å². The zero-order valence-electron chi connectivity index (χ0n) is 15.1. The van der Waals surface area contributed by atoms with Crippen molar-refractivity contribution in [2.75, 3.05) is 0 Å². The lowest BCUT2D eigenvalue weighted by Crippen LogP contribution is -2.29. The number of amides is 2. The van der Waals surface area contributed by atoms with Gasteiger partial charge in [-0.3, -0.25) is 19.5 Å². The second-order valence-electron chi connectivity index (χ2n) is 6.82. The molecule has 6 nitrogen and oxygen atoms in total. The quantitative estimate of drug-likeness (QED) is 0.559. The average Bonchev–Trinajstić information content (AvgIpc) is 3.21. The number of hydrogen-bond acceptors (Lipinski definition) is 4. The molecule has 0 fully saturated rings. The van der Waals surface area contributed by atoms with E-state index < -0.39 is 0 Å². The molecule has 4 aromatic rings. The van der Waals surface area contributed by atoms with Crippen LogP contribution in [0.2, 0.25) is 0 Å². The second-order valence-corrected chi connectivity index (χ2v) is 6.82. The highest BCUT2D eigenvalue weighted by Crippen LogP contribution is 2.27. The third-order valence-corrected chi connectivity index (χ3v) is 4.97. The zero-order chi connectivity index (χ0) is 19.3. The van der Waals surface area contributed by atoms with Crippen molar-refractivity contribution in [2.45, 2.75) is 13.5 Å². The Morgan fingerprint density at radius 1 is 0.929 bits per heavy atom. The Bertz CT molecular complexity index is 1210. The van der Waals surface area contributed by atoms with E-state index in [1.165, 1.54) is 4.90 Å². The van der Waals surface area contributed by atoms with Gasteiger partial charge in [-0.25, -0.2) is 4.98 Å². The Hall–Kier alpha value is -3.80. The first-order valence-electron chi connectivity index (χ1n) is 8.97. The number of imide groups is 1. The van der Waals surface area contributed by atoms with Crippen molar-refractivity contribution in [3.05, 3.63) is 83.3 Å². The van der Waals surface area contributed by atoms with Gasteiger partial charge in [0.15, 0.2) is 0 Å². The van der Waals surface area contributed by atoms with Crippen molar-refractivity contribution in [2.24, 2.45) is 0 Å². The molecule has 3 heterocycles. The Kier molecular flexibility index (Phi) is 3.58. The first kappa shape index (κ1) is 16.4. The molecule has 2 aromatic carbocycles. The number of benzene rings is 2. The molecule has 5 rings (SSSR count). The fraction of sp³-hybridized carbons (Fsp3) is 0.0909. The summed E-state index contributed by atoms with van der Waals surface area (Å²) >= 11 is 0. The molecular weight excluding hydrogens is 352 g/mol. The number of carbonyl (C=O) groups excluding carboxylic acids is 2. The summed E-state index contributed by atoms with van der Waals surface area (Å²) in [5.41, 5.74) is 5.31. The Morgan fingerprint density at radius 3 is 2.29 bits per heavy atom. The molecule has 136 valence electrons. The van der Waals surface area contributed by atoms with Crippen LogP contribution < -0.4 is 0 Å². The number of H-pyrrole nitrogens is 1. The second kappa shape index (κ2) is 6.13. The fourth-order valence-electron chi connectivity index (χ4n) is 3.60. The van der Waals surface area contributed by atoms with Crippen molar-refractivity contribution in [3.63, 3.8) is 0 Å². The molecule has 1 aliphatic heterocycles. The van der Waals surface area contributed by atoms with Crippen molar-refractivity contribution in [3.8, 4) is 11.3 Å². The molecule has 0 saturated carbocycles. The number of imidazole rings is 1. The summed E-state index contributed by atoms with van der Waals surface area (Å²) in [4.78, 5) is 38.6. The zero-order valence-corrected chi connectivity index (χ0v) is 15.1. The summed E-state index contributed by atoms with van der Waals surface area (Å²) in [6.07, 6.45) is 1.75. The summed E-state index contributed by atoms with van der Waals surface area (Å²) < 4.78 is 0. The van der Waals surface area contributed by atoms with Gasteiger partial charge < -0.3 is 4.98 Å². The topological polar surface area (TPSA) is 79.0 Å². The number of nitrogens with one attached hydrogen (secondary N) is 1. The van der Waals surface area contributed by atoms with E-state index in [4.69, 9.17) is 0 Å². The fourth-order valence-corrected chi connectivity index (χ4v) is 3.60. The molecule has 0 bridgehead atoms. The summed E-state index contributed by atoms with van der Waals surface area (Å²) in [5.74, 6) is 0.345. The van der Waals surface area contributed by atoms with Crippen LogP contribution in [0, 0.1) is 6.92 Å². The van der Waals surface area contributed by atoms with E-state index in [-0.39, 0.29) is 18.4 Å². The van der Waals surface area contributed by atoms with Crippen LogP contribution in [0.5, 0.6) is 0 Å². The highest BCUT2D eigenvalue weighted by atomic mass is 16.2. The standard InChI is InChI=1S/C22H16N4O2/c1-13-24-18-10-11-23-19(20(18)25-13)15-8-6-14(7-9-15)12-26-21(27)16-4-2-3-5-17(16)22(26)28/h2-11H,12H2,1H3,(H,24,25). The van der Waals surface area contributed by atoms with Crippen LogP contribution in [0.15, 0.2) is 60.8 Å². The predicted molar refractivity (Wildman–Crippen MR) is 105 cm³/mol. The molecule has 0 radical (unpaired) electrons. The van der Waals surface area contributed by atoms with Crippen molar-refractivity contribution in [1.29, 1.82) is 0 Å². The normalized spacial score (nSPS) is 13.4. The van der Waals surface area contributed by atoms with E-state index in [2.05, 4.69) is 15.0 Å². The van der Waals surface area contributed by atoms with Gasteiger partial charge in [0, 0.05) is 11.8 Å². The number of aromatic amines is 1. The maximum absolute atomic E-state index is 12.5. The molecule has 1 aliphatic rings. The number of pyridine rings is 1. The summed E-state index contributed by atoms with van der Waals surface area (Å²) in [6, 6.07) is 16.5. The lowest BCUT2D eigenvalue weighted by Gasteiger charge is -2.14. The minimum absolute atomic E-state index is 0.242. The molecule has 1 N–H and O–H groups in total. The summed E-state index contributed by atoms with van der Waals surface area (Å²) in [7, 11) is 0. The van der Waals surface area contributed by atoms with Crippen LogP contribution in [0.3, 0.4) is 0 Å². The molecule has 2 aromatic heterocycles. The number of rotatable bonds is 3. The molecule has 2 amide bonds. The first-order valence-corrected chi connectivity index (χ1v) is 8.97. The van der Waals surface area contributed by atoms with E-state index in [9.17, 15) is 9.59 Å². The van der Waals surface area contributed by atoms with Gasteiger partial charge in [0.2, 0.25) is 0 Å². The molecule has 0 aliphatic carbocycles. The smallest absolute Gasteiger partial charge is 0.261 e. The van der Waals surface area contributed by atoms with Gasteiger partial charge in [-0.1, -0.05) is 36.4 Å². The summed E-state index contributed by atoms with van der Waals surface area (Å²) in [5, 5.41) is 0.